The van der Waals surface area contributed by atoms with Gasteiger partial charge in [-0.15, -0.1) is 0 Å². The predicted octanol–water partition coefficient (Wildman–Crippen LogP) is 3.95. The molecule has 1 aliphatic rings. The monoisotopic (exact) mass is 453 g/mol. The Balaban J connectivity index is 1.49. The molecule has 2 amide bonds. The molecule has 156 valence electrons. The van der Waals surface area contributed by atoms with Crippen molar-refractivity contribution in [2.45, 2.75) is 0 Å². The zero-order valence-electron chi connectivity index (χ0n) is 16.3. The van der Waals surface area contributed by atoms with Crippen molar-refractivity contribution in [3.8, 4) is 0 Å². The Morgan fingerprint density at radius 1 is 1.16 bits per heavy atom. The molecule has 1 aromatic heterocycles. The highest BCUT2D eigenvalue weighted by atomic mass is 35.5. The van der Waals surface area contributed by atoms with E-state index in [1.165, 1.54) is 18.9 Å². The van der Waals surface area contributed by atoms with Crippen LogP contribution in [0.25, 0.3) is 17.1 Å². The average molecular weight is 454 g/mol. The van der Waals surface area contributed by atoms with Gasteiger partial charge in [-0.25, -0.2) is 0 Å². The number of nitrogens with zero attached hydrogens (tertiary/aromatic N) is 3. The first kappa shape index (κ1) is 21.0. The van der Waals surface area contributed by atoms with Crippen molar-refractivity contribution in [3.05, 3.63) is 64.3 Å². The predicted molar refractivity (Wildman–Crippen MR) is 123 cm³/mol. The molecule has 2 N–H and O–H groups in total. The molecule has 0 atom stereocenters. The number of aromatic nitrogens is 2. The van der Waals surface area contributed by atoms with Crippen LogP contribution >= 0.6 is 23.4 Å². The van der Waals surface area contributed by atoms with Gasteiger partial charge in [-0.1, -0.05) is 17.7 Å². The van der Waals surface area contributed by atoms with Crippen LogP contribution in [0.1, 0.15) is 5.56 Å². The number of nitrogens with one attached hydrogen (secondary N) is 2. The maximum atomic E-state index is 12.4. The minimum atomic E-state index is -0.354. The largest absolute Gasteiger partial charge is 0.375 e. The maximum absolute atomic E-state index is 12.4. The van der Waals surface area contributed by atoms with E-state index >= 15 is 0 Å². The lowest BCUT2D eigenvalue weighted by Gasteiger charge is -2.10. The van der Waals surface area contributed by atoms with E-state index in [2.05, 4.69) is 25.6 Å². The van der Waals surface area contributed by atoms with Crippen molar-refractivity contribution in [1.29, 1.82) is 0 Å². The van der Waals surface area contributed by atoms with Gasteiger partial charge in [0.25, 0.3) is 5.91 Å². The van der Waals surface area contributed by atoms with Crippen LogP contribution in [0, 0.1) is 0 Å². The number of carbonyl (C=O) groups is 2. The number of fused-ring (bicyclic) bond motifs is 1. The number of benzene rings is 2. The van der Waals surface area contributed by atoms with Crippen LogP contribution in [-0.4, -0.2) is 40.7 Å². The molecule has 0 bridgehead atoms. The number of aliphatic imine (C=N–C) groups is 1. The lowest BCUT2D eigenvalue weighted by atomic mass is 10.2. The molecule has 0 aliphatic carbocycles. The summed E-state index contributed by atoms with van der Waals surface area (Å²) in [4.78, 5) is 37.1. The van der Waals surface area contributed by atoms with E-state index in [0.717, 1.165) is 16.6 Å². The summed E-state index contributed by atoms with van der Waals surface area (Å²) < 4.78 is 4.81. The van der Waals surface area contributed by atoms with Crippen LogP contribution < -0.4 is 10.6 Å². The summed E-state index contributed by atoms with van der Waals surface area (Å²) in [5, 5.41) is 6.56. The van der Waals surface area contributed by atoms with E-state index < -0.39 is 0 Å². The molecule has 0 spiro atoms. The van der Waals surface area contributed by atoms with E-state index in [1.807, 2.05) is 18.2 Å². The zero-order valence-corrected chi connectivity index (χ0v) is 17.8. The van der Waals surface area contributed by atoms with E-state index in [1.54, 1.807) is 36.7 Å². The van der Waals surface area contributed by atoms with Gasteiger partial charge in [0.2, 0.25) is 5.91 Å². The molecule has 31 heavy (non-hydrogen) atoms. The standard InChI is InChI=1S/C21H16ClN5O3S/c1-30-11-19(28)25-13-3-4-14(22)16(10-13)26-21-27-20(29)18(31-21)9-12-2-5-15-17(8-12)24-7-6-23-15/h2-10H,11H2,1H3,(H,25,28)(H,26,27,29)/b18-9-. The maximum Gasteiger partial charge on any atom is 0.286 e. The first-order valence-corrected chi connectivity index (χ1v) is 10.3. The van der Waals surface area contributed by atoms with E-state index in [-0.39, 0.29) is 18.4 Å². The molecular weight excluding hydrogens is 438 g/mol. The van der Waals surface area contributed by atoms with Gasteiger partial charge in [0, 0.05) is 25.2 Å². The summed E-state index contributed by atoms with van der Waals surface area (Å²) in [7, 11) is 1.44. The fourth-order valence-electron chi connectivity index (χ4n) is 2.83. The van der Waals surface area contributed by atoms with Crippen molar-refractivity contribution in [1.82, 2.24) is 9.97 Å². The number of halogens is 1. The summed E-state index contributed by atoms with van der Waals surface area (Å²) in [6.07, 6.45) is 5.00. The Labute approximate surface area is 186 Å². The molecule has 2 aromatic carbocycles. The molecule has 8 nitrogen and oxygen atoms in total. The highest BCUT2D eigenvalue weighted by Gasteiger charge is 2.22. The van der Waals surface area contributed by atoms with E-state index in [0.29, 0.717) is 26.5 Å². The van der Waals surface area contributed by atoms with E-state index in [4.69, 9.17) is 16.3 Å². The second-order valence-corrected chi connectivity index (χ2v) is 7.88. The molecule has 0 unspecified atom stereocenters. The number of amidine groups is 1. The number of hydrogen-bond donors (Lipinski definition) is 2. The van der Waals surface area contributed by atoms with Crippen molar-refractivity contribution in [2.75, 3.05) is 24.4 Å². The van der Waals surface area contributed by atoms with Gasteiger partial charge in [0.15, 0.2) is 5.17 Å². The Morgan fingerprint density at radius 2 is 1.97 bits per heavy atom. The molecule has 0 fully saturated rings. The lowest BCUT2D eigenvalue weighted by Crippen LogP contribution is -2.17. The molecule has 1 aliphatic heterocycles. The van der Waals surface area contributed by atoms with Crippen molar-refractivity contribution < 1.29 is 14.3 Å². The Hall–Kier alpha value is -3.27. The van der Waals surface area contributed by atoms with Gasteiger partial charge in [-0.3, -0.25) is 19.6 Å². The van der Waals surface area contributed by atoms with Crippen LogP contribution in [0.5, 0.6) is 0 Å². The number of ether oxygens (including phenoxy) is 1. The first-order chi connectivity index (χ1) is 15.0. The lowest BCUT2D eigenvalue weighted by molar-refractivity contribution is -0.119. The molecule has 4 rings (SSSR count). The molecule has 2 heterocycles. The second kappa shape index (κ2) is 9.25. The third-order valence-corrected chi connectivity index (χ3v) is 5.41. The van der Waals surface area contributed by atoms with E-state index in [9.17, 15) is 9.59 Å². The van der Waals surface area contributed by atoms with Gasteiger partial charge in [-0.05, 0) is 53.7 Å². The summed E-state index contributed by atoms with van der Waals surface area (Å²) >= 11 is 7.45. The van der Waals surface area contributed by atoms with Crippen LogP contribution in [0.4, 0.5) is 11.4 Å². The van der Waals surface area contributed by atoms with Gasteiger partial charge >= 0.3 is 0 Å². The van der Waals surface area contributed by atoms with Crippen LogP contribution in [0.15, 0.2) is 58.7 Å². The van der Waals surface area contributed by atoms with Crippen LogP contribution in [-0.2, 0) is 14.3 Å². The SMILES string of the molecule is COCC(=O)Nc1ccc(Cl)c(NC2=NC(=O)/C(=C/c3ccc4nccnc4c3)S2)c1. The number of methoxy groups -OCH3 is 1. The molecule has 10 heteroatoms. The minimum Gasteiger partial charge on any atom is -0.375 e. The number of carbonyl (C=O) groups excluding carboxylic acids is 2. The smallest absolute Gasteiger partial charge is 0.286 e. The number of rotatable bonds is 5. The molecule has 0 radical (unpaired) electrons. The average Bonchev–Trinajstić information content (AvgIpc) is 3.09. The third kappa shape index (κ3) is 5.08. The normalized spacial score (nSPS) is 14.7. The number of hydrogen-bond acceptors (Lipinski definition) is 7. The molecule has 0 saturated heterocycles. The Kier molecular flexibility index (Phi) is 6.26. The summed E-state index contributed by atoms with van der Waals surface area (Å²) in [6, 6.07) is 10.5. The fraction of sp³-hybridized carbons (Fsp3) is 0.0952. The first-order valence-electron chi connectivity index (χ1n) is 9.10. The number of thioether (sulfide) groups is 1. The van der Waals surface area contributed by atoms with Gasteiger partial charge in [0.05, 0.1) is 26.6 Å². The van der Waals surface area contributed by atoms with Crippen LogP contribution in [0.2, 0.25) is 5.02 Å². The van der Waals surface area contributed by atoms with Crippen molar-refractivity contribution in [3.63, 3.8) is 0 Å². The highest BCUT2D eigenvalue weighted by molar-refractivity contribution is 8.18. The van der Waals surface area contributed by atoms with Crippen molar-refractivity contribution in [2.24, 2.45) is 4.99 Å². The second-order valence-electron chi connectivity index (χ2n) is 6.44. The number of amides is 2. The summed E-state index contributed by atoms with van der Waals surface area (Å²) in [5.41, 5.74) is 3.39. The zero-order chi connectivity index (χ0) is 21.8. The summed E-state index contributed by atoms with van der Waals surface area (Å²) in [5.74, 6) is -0.642. The third-order valence-electron chi connectivity index (χ3n) is 4.18. The van der Waals surface area contributed by atoms with Gasteiger partial charge < -0.3 is 15.4 Å². The van der Waals surface area contributed by atoms with Gasteiger partial charge in [-0.2, -0.15) is 4.99 Å². The minimum absolute atomic E-state index is 0.0586. The Bertz CT molecular complexity index is 1240. The molecular formula is C21H16ClN5O3S. The number of anilines is 2. The molecule has 3 aromatic rings. The van der Waals surface area contributed by atoms with Gasteiger partial charge in [0.1, 0.15) is 6.61 Å². The van der Waals surface area contributed by atoms with Crippen LogP contribution in [0.3, 0.4) is 0 Å². The fourth-order valence-corrected chi connectivity index (χ4v) is 3.82. The summed E-state index contributed by atoms with van der Waals surface area (Å²) in [6.45, 7) is -0.0586. The Morgan fingerprint density at radius 3 is 2.77 bits per heavy atom. The topological polar surface area (TPSA) is 106 Å². The molecule has 0 saturated carbocycles. The quantitative estimate of drug-likeness (QED) is 0.563. The highest BCUT2D eigenvalue weighted by Crippen LogP contribution is 2.32. The van der Waals surface area contributed by atoms with Crippen molar-refractivity contribution >= 4 is 68.8 Å².